The summed E-state index contributed by atoms with van der Waals surface area (Å²) in [6.45, 7) is 2.38. The molecule has 0 radical (unpaired) electrons. The van der Waals surface area contributed by atoms with Gasteiger partial charge in [0.25, 0.3) is 0 Å². The van der Waals surface area contributed by atoms with Crippen molar-refractivity contribution in [1.29, 1.82) is 0 Å². The molecule has 2 amide bonds. The van der Waals surface area contributed by atoms with Gasteiger partial charge < -0.3 is 15.5 Å². The molecule has 166 valence electrons. The molecule has 1 aliphatic rings. The van der Waals surface area contributed by atoms with Gasteiger partial charge >= 0.3 is 18.0 Å². The molecule has 0 saturated carbocycles. The predicted molar refractivity (Wildman–Crippen MR) is 114 cm³/mol. The number of amides is 2. The molecular weight excluding hydrogens is 407 g/mol. The lowest BCUT2D eigenvalue weighted by Gasteiger charge is -2.22. The number of nitrogens with zero attached hydrogens (tertiary/aromatic N) is 1. The predicted octanol–water partition coefficient (Wildman–Crippen LogP) is 4.38. The Labute approximate surface area is 179 Å². The topological polar surface area (TPSA) is 61.4 Å². The zero-order valence-electron chi connectivity index (χ0n) is 17.2. The second-order valence-electron chi connectivity index (χ2n) is 7.61. The summed E-state index contributed by atoms with van der Waals surface area (Å²) in [6, 6.07) is 12.3. The molecule has 8 heteroatoms. The fourth-order valence-corrected chi connectivity index (χ4v) is 3.56. The van der Waals surface area contributed by atoms with Crippen LogP contribution < -0.4 is 15.5 Å². The molecule has 2 aromatic rings. The van der Waals surface area contributed by atoms with E-state index < -0.39 is 23.6 Å². The molecule has 0 bridgehead atoms. The Balaban J connectivity index is 1.46. The third kappa shape index (κ3) is 6.73. The second-order valence-corrected chi connectivity index (χ2v) is 7.61. The van der Waals surface area contributed by atoms with Crippen LogP contribution in [0.25, 0.3) is 0 Å². The van der Waals surface area contributed by atoms with Crippen molar-refractivity contribution in [3.8, 4) is 0 Å². The molecule has 1 fully saturated rings. The van der Waals surface area contributed by atoms with Crippen molar-refractivity contribution in [2.45, 2.75) is 38.3 Å². The zero-order valence-corrected chi connectivity index (χ0v) is 17.2. The van der Waals surface area contributed by atoms with Gasteiger partial charge in [0, 0.05) is 31.0 Å². The van der Waals surface area contributed by atoms with E-state index in [0.29, 0.717) is 6.42 Å². The Kier molecular flexibility index (Phi) is 7.55. The fourth-order valence-electron chi connectivity index (χ4n) is 3.56. The van der Waals surface area contributed by atoms with Gasteiger partial charge in [-0.1, -0.05) is 31.0 Å². The smallest absolute Gasteiger partial charge is 0.372 e. The van der Waals surface area contributed by atoms with E-state index in [9.17, 15) is 22.8 Å². The fraction of sp³-hybridized carbons (Fsp3) is 0.391. The van der Waals surface area contributed by atoms with E-state index in [0.717, 1.165) is 30.8 Å². The third-order valence-corrected chi connectivity index (χ3v) is 5.26. The maximum absolute atomic E-state index is 12.7. The summed E-state index contributed by atoms with van der Waals surface area (Å²) in [4.78, 5) is 26.3. The number of anilines is 2. The Morgan fingerprint density at radius 2 is 1.58 bits per heavy atom. The summed E-state index contributed by atoms with van der Waals surface area (Å²) in [5, 5.41) is 4.69. The average Bonchev–Trinajstić information content (AvgIpc) is 3.03. The van der Waals surface area contributed by atoms with Crippen molar-refractivity contribution in [3.05, 3.63) is 59.7 Å². The van der Waals surface area contributed by atoms with E-state index in [1.807, 2.05) is 12.1 Å². The molecule has 2 aromatic carbocycles. The highest BCUT2D eigenvalue weighted by Crippen LogP contribution is 2.30. The average molecular weight is 433 g/mol. The van der Waals surface area contributed by atoms with Crippen molar-refractivity contribution in [2.24, 2.45) is 0 Å². The summed E-state index contributed by atoms with van der Waals surface area (Å²) in [5.74, 6) is -1.89. The first kappa shape index (κ1) is 22.7. The van der Waals surface area contributed by atoms with Crippen LogP contribution >= 0.6 is 0 Å². The van der Waals surface area contributed by atoms with Crippen LogP contribution in [0.4, 0.5) is 24.5 Å². The third-order valence-electron chi connectivity index (χ3n) is 5.26. The molecule has 1 aliphatic heterocycles. The molecule has 1 heterocycles. The molecule has 2 N–H and O–H groups in total. The minimum atomic E-state index is -4.52. The van der Waals surface area contributed by atoms with E-state index >= 15 is 0 Å². The van der Waals surface area contributed by atoms with Crippen LogP contribution in [0, 0.1) is 0 Å². The largest absolute Gasteiger partial charge is 0.416 e. The van der Waals surface area contributed by atoms with Crippen LogP contribution in [-0.2, 0) is 22.2 Å². The van der Waals surface area contributed by atoms with Crippen LogP contribution in [0.2, 0.25) is 0 Å². The van der Waals surface area contributed by atoms with Crippen LogP contribution in [0.15, 0.2) is 48.5 Å². The summed E-state index contributed by atoms with van der Waals surface area (Å²) in [6.07, 6.45) is 0.979. The van der Waals surface area contributed by atoms with E-state index in [4.69, 9.17) is 0 Å². The maximum atomic E-state index is 12.7. The van der Waals surface area contributed by atoms with Crippen molar-refractivity contribution < 1.29 is 22.8 Å². The Hall–Kier alpha value is -3.03. The van der Waals surface area contributed by atoms with Crippen molar-refractivity contribution in [1.82, 2.24) is 5.32 Å². The first-order valence-electron chi connectivity index (χ1n) is 10.4. The van der Waals surface area contributed by atoms with Gasteiger partial charge in [-0.05, 0) is 55.2 Å². The number of carbonyl (C=O) groups excluding carboxylic acids is 2. The van der Waals surface area contributed by atoms with Crippen molar-refractivity contribution in [2.75, 3.05) is 29.9 Å². The lowest BCUT2D eigenvalue weighted by Crippen LogP contribution is -2.36. The summed E-state index contributed by atoms with van der Waals surface area (Å²) < 4.78 is 38.2. The number of rotatable bonds is 5. The van der Waals surface area contributed by atoms with Crippen LogP contribution in [0.1, 0.15) is 36.8 Å². The first-order valence-corrected chi connectivity index (χ1v) is 10.4. The summed E-state index contributed by atoms with van der Waals surface area (Å²) in [5.41, 5.74) is 1.24. The minimum Gasteiger partial charge on any atom is -0.372 e. The van der Waals surface area contributed by atoms with E-state index in [1.165, 1.54) is 43.5 Å². The summed E-state index contributed by atoms with van der Waals surface area (Å²) in [7, 11) is 0. The first-order chi connectivity index (χ1) is 14.8. The normalized spacial score (nSPS) is 14.6. The SMILES string of the molecule is O=C(NCCc1ccc(N2CCCCCC2)cc1)C(=O)Nc1cccc(C(F)(F)F)c1. The van der Waals surface area contributed by atoms with Gasteiger partial charge in [-0.25, -0.2) is 0 Å². The van der Waals surface area contributed by atoms with Crippen molar-refractivity contribution in [3.63, 3.8) is 0 Å². The van der Waals surface area contributed by atoms with Gasteiger partial charge in [-0.2, -0.15) is 13.2 Å². The van der Waals surface area contributed by atoms with E-state index in [2.05, 4.69) is 27.7 Å². The quantitative estimate of drug-likeness (QED) is 0.688. The van der Waals surface area contributed by atoms with E-state index in [-0.39, 0.29) is 12.2 Å². The lowest BCUT2D eigenvalue weighted by molar-refractivity contribution is -0.137. The number of carbonyl (C=O) groups is 2. The highest BCUT2D eigenvalue weighted by molar-refractivity contribution is 6.39. The van der Waals surface area contributed by atoms with Crippen LogP contribution in [0.3, 0.4) is 0 Å². The van der Waals surface area contributed by atoms with Crippen LogP contribution in [-0.4, -0.2) is 31.4 Å². The van der Waals surface area contributed by atoms with Crippen molar-refractivity contribution >= 4 is 23.2 Å². The van der Waals surface area contributed by atoms with Gasteiger partial charge in [-0.15, -0.1) is 0 Å². The highest BCUT2D eigenvalue weighted by atomic mass is 19.4. The molecule has 0 aromatic heterocycles. The molecule has 5 nitrogen and oxygen atoms in total. The molecule has 31 heavy (non-hydrogen) atoms. The minimum absolute atomic E-state index is 0.0842. The van der Waals surface area contributed by atoms with Gasteiger partial charge in [0.1, 0.15) is 0 Å². The maximum Gasteiger partial charge on any atom is 0.416 e. The van der Waals surface area contributed by atoms with Gasteiger partial charge in [0.15, 0.2) is 0 Å². The summed E-state index contributed by atoms with van der Waals surface area (Å²) >= 11 is 0. The monoisotopic (exact) mass is 433 g/mol. The number of hydrogen-bond acceptors (Lipinski definition) is 3. The number of halogens is 3. The Bertz CT molecular complexity index is 890. The number of benzene rings is 2. The molecule has 1 saturated heterocycles. The van der Waals surface area contributed by atoms with Gasteiger partial charge in [-0.3, -0.25) is 9.59 Å². The molecule has 0 aliphatic carbocycles. The molecular formula is C23H26F3N3O2. The molecule has 3 rings (SSSR count). The Morgan fingerprint density at radius 1 is 0.903 bits per heavy atom. The second kappa shape index (κ2) is 10.3. The molecule has 0 unspecified atom stereocenters. The number of hydrogen-bond donors (Lipinski definition) is 2. The lowest BCUT2D eigenvalue weighted by atomic mass is 10.1. The van der Waals surface area contributed by atoms with Crippen LogP contribution in [0.5, 0.6) is 0 Å². The van der Waals surface area contributed by atoms with Gasteiger partial charge in [0.05, 0.1) is 5.56 Å². The molecule has 0 spiro atoms. The molecule has 0 atom stereocenters. The van der Waals surface area contributed by atoms with Gasteiger partial charge in [0.2, 0.25) is 0 Å². The zero-order chi connectivity index (χ0) is 22.3. The standard InChI is InChI=1S/C23H26F3N3O2/c24-23(25,26)18-6-5-7-19(16-18)28-22(31)21(30)27-13-12-17-8-10-20(11-9-17)29-14-3-1-2-4-15-29/h5-11,16H,1-4,12-15H2,(H,27,30)(H,28,31). The van der Waals surface area contributed by atoms with E-state index in [1.54, 1.807) is 0 Å². The Morgan fingerprint density at radius 3 is 2.23 bits per heavy atom. The highest BCUT2D eigenvalue weighted by Gasteiger charge is 2.30. The number of nitrogens with one attached hydrogen (secondary N) is 2. The number of alkyl halides is 3.